The number of rotatable bonds is 9. The van der Waals surface area contributed by atoms with Crippen molar-refractivity contribution in [3.63, 3.8) is 0 Å². The molecule has 172 valence electrons. The molecule has 3 rings (SSSR count). The fourth-order valence-electron chi connectivity index (χ4n) is 2.97. The summed E-state index contributed by atoms with van der Waals surface area (Å²) in [5, 5.41) is 3.95. The lowest BCUT2D eigenvalue weighted by Crippen LogP contribution is -2.39. The summed E-state index contributed by atoms with van der Waals surface area (Å²) < 4.78 is 33.1. The number of nitrogens with one attached hydrogen (secondary N) is 1. The predicted octanol–water partition coefficient (Wildman–Crippen LogP) is 4.07. The summed E-state index contributed by atoms with van der Waals surface area (Å²) in [7, 11) is -2.42. The van der Waals surface area contributed by atoms with Crippen LogP contribution in [0.15, 0.2) is 87.7 Å². The van der Waals surface area contributed by atoms with Gasteiger partial charge in [0.15, 0.2) is 0 Å². The number of carbonyl (C=O) groups is 1. The van der Waals surface area contributed by atoms with Gasteiger partial charge in [0.1, 0.15) is 12.3 Å². The number of sulfonamides is 1. The number of carbonyl (C=O) groups excluding carboxylic acids is 1. The average Bonchev–Trinajstić information content (AvgIpc) is 2.83. The lowest BCUT2D eigenvalue weighted by Gasteiger charge is -2.24. The highest BCUT2D eigenvalue weighted by Gasteiger charge is 2.27. The van der Waals surface area contributed by atoms with E-state index in [1.807, 2.05) is 13.2 Å². The molecule has 3 aromatic carbocycles. The number of hydrogen-bond donors (Lipinski definition) is 1. The van der Waals surface area contributed by atoms with Crippen LogP contribution in [-0.2, 0) is 14.8 Å². The minimum Gasteiger partial charge on any atom is -0.497 e. The molecule has 0 bridgehead atoms. The van der Waals surface area contributed by atoms with Gasteiger partial charge in [0.05, 0.1) is 23.9 Å². The summed E-state index contributed by atoms with van der Waals surface area (Å²) in [6.07, 6.45) is 3.38. The zero-order valence-electron chi connectivity index (χ0n) is 18.6. The maximum Gasteiger partial charge on any atom is 0.264 e. The van der Waals surface area contributed by atoms with E-state index in [9.17, 15) is 13.2 Å². The van der Waals surface area contributed by atoms with Gasteiger partial charge in [-0.25, -0.2) is 13.8 Å². The van der Waals surface area contributed by atoms with Gasteiger partial charge in [-0.2, -0.15) is 5.10 Å². The van der Waals surface area contributed by atoms with Crippen LogP contribution in [0.4, 0.5) is 5.69 Å². The van der Waals surface area contributed by atoms with Gasteiger partial charge < -0.3 is 4.74 Å². The molecule has 0 heterocycles. The van der Waals surface area contributed by atoms with Crippen molar-refractivity contribution in [1.29, 1.82) is 0 Å². The zero-order chi connectivity index (χ0) is 23.8. The highest BCUT2D eigenvalue weighted by Crippen LogP contribution is 2.25. The highest BCUT2D eigenvalue weighted by molar-refractivity contribution is 7.98. The van der Waals surface area contributed by atoms with Gasteiger partial charge in [-0.3, -0.25) is 9.10 Å². The van der Waals surface area contributed by atoms with E-state index in [-0.39, 0.29) is 4.90 Å². The van der Waals surface area contributed by atoms with Crippen molar-refractivity contribution in [2.45, 2.75) is 16.7 Å². The molecule has 7 nitrogen and oxygen atoms in total. The van der Waals surface area contributed by atoms with E-state index in [0.717, 1.165) is 20.3 Å². The van der Waals surface area contributed by atoms with Crippen molar-refractivity contribution in [2.75, 3.05) is 24.2 Å². The number of amides is 1. The van der Waals surface area contributed by atoms with E-state index in [1.165, 1.54) is 18.0 Å². The standard InChI is InChI=1S/C24H25N3O4S2/c1-18-7-9-20(10-8-18)27(33(29,30)23-13-11-22(32-3)12-14-23)17-24(28)26-25-16-19-5-4-6-21(15-19)31-2/h4-16H,17H2,1-3H3,(H,26,28)/b25-16-. The Labute approximate surface area is 198 Å². The highest BCUT2D eigenvalue weighted by atomic mass is 32.2. The molecule has 3 aromatic rings. The van der Waals surface area contributed by atoms with Crippen LogP contribution in [0.2, 0.25) is 0 Å². The van der Waals surface area contributed by atoms with Crippen LogP contribution in [0.1, 0.15) is 11.1 Å². The first-order valence-electron chi connectivity index (χ1n) is 10.0. The third kappa shape index (κ3) is 6.36. The number of methoxy groups -OCH3 is 1. The van der Waals surface area contributed by atoms with E-state index >= 15 is 0 Å². The van der Waals surface area contributed by atoms with Crippen LogP contribution in [-0.4, -0.2) is 40.4 Å². The fourth-order valence-corrected chi connectivity index (χ4v) is 4.80. The number of benzene rings is 3. The molecule has 0 saturated carbocycles. The summed E-state index contributed by atoms with van der Waals surface area (Å²) in [6, 6.07) is 20.7. The smallest absolute Gasteiger partial charge is 0.264 e. The number of ether oxygens (including phenoxy) is 1. The largest absolute Gasteiger partial charge is 0.497 e. The molecule has 33 heavy (non-hydrogen) atoms. The first-order valence-corrected chi connectivity index (χ1v) is 12.7. The lowest BCUT2D eigenvalue weighted by molar-refractivity contribution is -0.119. The van der Waals surface area contributed by atoms with Gasteiger partial charge in [0.2, 0.25) is 0 Å². The molecule has 1 N–H and O–H groups in total. The van der Waals surface area contributed by atoms with E-state index in [2.05, 4.69) is 10.5 Å². The summed E-state index contributed by atoms with van der Waals surface area (Å²) >= 11 is 1.52. The molecule has 0 aliphatic heterocycles. The Balaban J connectivity index is 1.82. The van der Waals surface area contributed by atoms with Gasteiger partial charge in [0.25, 0.3) is 15.9 Å². The van der Waals surface area contributed by atoms with Crippen LogP contribution in [0.3, 0.4) is 0 Å². The van der Waals surface area contributed by atoms with Gasteiger partial charge in [-0.15, -0.1) is 11.8 Å². The van der Waals surface area contributed by atoms with Crippen molar-refractivity contribution in [2.24, 2.45) is 5.10 Å². The Morgan fingerprint density at radius 3 is 2.42 bits per heavy atom. The molecular weight excluding hydrogens is 458 g/mol. The molecule has 0 atom stereocenters. The number of hydrogen-bond acceptors (Lipinski definition) is 6. The van der Waals surface area contributed by atoms with Crippen molar-refractivity contribution < 1.29 is 17.9 Å². The second-order valence-electron chi connectivity index (χ2n) is 7.09. The molecule has 0 aliphatic carbocycles. The summed E-state index contributed by atoms with van der Waals surface area (Å²) in [6.45, 7) is 1.48. The van der Waals surface area contributed by atoms with Crippen LogP contribution in [0.5, 0.6) is 5.75 Å². The van der Waals surface area contributed by atoms with Crippen LogP contribution < -0.4 is 14.5 Å². The Morgan fingerprint density at radius 1 is 1.09 bits per heavy atom. The number of anilines is 1. The normalized spacial score (nSPS) is 11.4. The van der Waals surface area contributed by atoms with Crippen LogP contribution >= 0.6 is 11.8 Å². The zero-order valence-corrected chi connectivity index (χ0v) is 20.2. The number of nitrogens with zero attached hydrogens (tertiary/aromatic N) is 2. The van der Waals surface area contributed by atoms with Crippen molar-refractivity contribution in [1.82, 2.24) is 5.43 Å². The SMILES string of the molecule is COc1cccc(/C=N\NC(=O)CN(c2ccc(C)cc2)S(=O)(=O)c2ccc(SC)cc2)c1. The number of thioether (sulfide) groups is 1. The Hall–Kier alpha value is -3.30. The molecule has 0 unspecified atom stereocenters. The molecular formula is C24H25N3O4S2. The van der Waals surface area contributed by atoms with E-state index < -0.39 is 22.5 Å². The second-order valence-corrected chi connectivity index (χ2v) is 9.83. The average molecular weight is 484 g/mol. The maximum atomic E-state index is 13.4. The summed E-state index contributed by atoms with van der Waals surface area (Å²) in [5.41, 5.74) is 4.50. The van der Waals surface area contributed by atoms with Crippen LogP contribution in [0, 0.1) is 6.92 Å². The molecule has 9 heteroatoms. The van der Waals surface area contributed by atoms with Gasteiger partial charge in [0, 0.05) is 4.90 Å². The Morgan fingerprint density at radius 2 is 1.79 bits per heavy atom. The van der Waals surface area contributed by atoms with Crippen molar-refractivity contribution >= 4 is 39.6 Å². The number of aryl methyl sites for hydroxylation is 1. The Bertz CT molecular complexity index is 1230. The minimum absolute atomic E-state index is 0.105. The van der Waals surface area contributed by atoms with Crippen LogP contribution in [0.25, 0.3) is 0 Å². The molecule has 0 saturated heterocycles. The third-order valence-corrected chi connectivity index (χ3v) is 7.28. The molecule has 0 aliphatic rings. The number of hydrazone groups is 1. The molecule has 0 radical (unpaired) electrons. The summed E-state index contributed by atoms with van der Waals surface area (Å²) in [4.78, 5) is 13.7. The first-order chi connectivity index (χ1) is 15.8. The second kappa shape index (κ2) is 11.0. The molecule has 0 fully saturated rings. The molecule has 0 spiro atoms. The van der Waals surface area contributed by atoms with Gasteiger partial charge >= 0.3 is 0 Å². The summed E-state index contributed by atoms with van der Waals surface area (Å²) in [5.74, 6) is 0.0911. The third-order valence-electron chi connectivity index (χ3n) is 4.75. The predicted molar refractivity (Wildman–Crippen MR) is 133 cm³/mol. The Kier molecular flexibility index (Phi) is 8.13. The quantitative estimate of drug-likeness (QED) is 0.282. The lowest BCUT2D eigenvalue weighted by atomic mass is 10.2. The van der Waals surface area contributed by atoms with Gasteiger partial charge in [-0.1, -0.05) is 29.8 Å². The van der Waals surface area contributed by atoms with E-state index in [4.69, 9.17) is 4.74 Å². The topological polar surface area (TPSA) is 88.1 Å². The van der Waals surface area contributed by atoms with E-state index in [0.29, 0.717) is 11.4 Å². The van der Waals surface area contributed by atoms with Crippen molar-refractivity contribution in [3.05, 3.63) is 83.9 Å². The minimum atomic E-state index is -3.98. The first kappa shape index (κ1) is 24.3. The maximum absolute atomic E-state index is 13.4. The van der Waals surface area contributed by atoms with E-state index in [1.54, 1.807) is 79.9 Å². The molecule has 1 amide bonds. The van der Waals surface area contributed by atoms with Crippen molar-refractivity contribution in [3.8, 4) is 5.75 Å². The molecule has 0 aromatic heterocycles. The fraction of sp³-hybridized carbons (Fsp3) is 0.167. The van der Waals surface area contributed by atoms with Gasteiger partial charge in [-0.05, 0) is 67.3 Å². The monoisotopic (exact) mass is 483 g/mol.